The molecule has 1 N–H and O–H groups in total. The van der Waals surface area contributed by atoms with E-state index in [9.17, 15) is 4.79 Å². The molecule has 0 unspecified atom stereocenters. The maximum atomic E-state index is 12.2. The SMILES string of the molecule is CCCC(CCC)C(=O)Nc1ccc(Cl)cc1I. The number of rotatable bonds is 6. The van der Waals surface area contributed by atoms with Gasteiger partial charge in [-0.25, -0.2) is 0 Å². The Morgan fingerprint density at radius 2 is 1.94 bits per heavy atom. The molecule has 1 amide bonds. The number of hydrogen-bond donors (Lipinski definition) is 1. The van der Waals surface area contributed by atoms with Crippen molar-refractivity contribution in [3.8, 4) is 0 Å². The van der Waals surface area contributed by atoms with Gasteiger partial charge in [0.15, 0.2) is 0 Å². The highest BCUT2D eigenvalue weighted by Crippen LogP contribution is 2.24. The Morgan fingerprint density at radius 1 is 1.33 bits per heavy atom. The summed E-state index contributed by atoms with van der Waals surface area (Å²) in [6, 6.07) is 5.51. The van der Waals surface area contributed by atoms with Gasteiger partial charge in [0.2, 0.25) is 5.91 Å². The summed E-state index contributed by atoms with van der Waals surface area (Å²) in [5.41, 5.74) is 0.849. The van der Waals surface area contributed by atoms with Gasteiger partial charge < -0.3 is 5.32 Å². The first-order chi connectivity index (χ1) is 8.58. The van der Waals surface area contributed by atoms with Crippen molar-refractivity contribution in [2.45, 2.75) is 39.5 Å². The number of amides is 1. The lowest BCUT2D eigenvalue weighted by atomic mass is 9.97. The average molecular weight is 380 g/mol. The minimum atomic E-state index is 0.117. The van der Waals surface area contributed by atoms with Crippen LogP contribution in [0.2, 0.25) is 5.02 Å². The lowest BCUT2D eigenvalue weighted by Gasteiger charge is -2.16. The number of halogens is 2. The normalized spacial score (nSPS) is 10.7. The number of anilines is 1. The smallest absolute Gasteiger partial charge is 0.227 e. The van der Waals surface area contributed by atoms with Crippen molar-refractivity contribution < 1.29 is 4.79 Å². The lowest BCUT2D eigenvalue weighted by Crippen LogP contribution is -2.23. The fourth-order valence-corrected chi connectivity index (χ4v) is 2.94. The summed E-state index contributed by atoms with van der Waals surface area (Å²) < 4.78 is 0.972. The molecule has 0 aromatic heterocycles. The van der Waals surface area contributed by atoms with Gasteiger partial charge in [-0.05, 0) is 53.6 Å². The molecule has 0 atom stereocenters. The number of nitrogens with one attached hydrogen (secondary N) is 1. The molecule has 0 radical (unpaired) electrons. The van der Waals surface area contributed by atoms with E-state index < -0.39 is 0 Å². The molecule has 100 valence electrons. The minimum Gasteiger partial charge on any atom is -0.325 e. The van der Waals surface area contributed by atoms with Crippen LogP contribution in [0.15, 0.2) is 18.2 Å². The molecule has 0 bridgehead atoms. The first-order valence-corrected chi connectivity index (χ1v) is 7.80. The Hall–Kier alpha value is -0.290. The monoisotopic (exact) mass is 379 g/mol. The van der Waals surface area contributed by atoms with Crippen LogP contribution < -0.4 is 5.32 Å². The molecule has 0 heterocycles. The minimum absolute atomic E-state index is 0.117. The highest BCUT2D eigenvalue weighted by Gasteiger charge is 2.17. The molecule has 0 saturated carbocycles. The van der Waals surface area contributed by atoms with Crippen LogP contribution in [0.5, 0.6) is 0 Å². The van der Waals surface area contributed by atoms with E-state index in [4.69, 9.17) is 11.6 Å². The number of carbonyl (C=O) groups is 1. The van der Waals surface area contributed by atoms with Gasteiger partial charge in [-0.15, -0.1) is 0 Å². The summed E-state index contributed by atoms with van der Waals surface area (Å²) in [5, 5.41) is 3.69. The van der Waals surface area contributed by atoms with Crippen LogP contribution in [0, 0.1) is 9.49 Å². The van der Waals surface area contributed by atoms with E-state index in [1.54, 1.807) is 6.07 Å². The van der Waals surface area contributed by atoms with Crippen LogP contribution in [0.25, 0.3) is 0 Å². The van der Waals surface area contributed by atoms with Gasteiger partial charge in [0.1, 0.15) is 0 Å². The van der Waals surface area contributed by atoms with Crippen molar-refractivity contribution in [3.05, 3.63) is 26.8 Å². The Kier molecular flexibility index (Phi) is 7.00. The Morgan fingerprint density at radius 3 is 2.44 bits per heavy atom. The average Bonchev–Trinajstić information content (AvgIpc) is 2.32. The first kappa shape index (κ1) is 15.8. The zero-order valence-electron chi connectivity index (χ0n) is 10.8. The molecular weight excluding hydrogens is 361 g/mol. The summed E-state index contributed by atoms with van der Waals surface area (Å²) in [5.74, 6) is 0.241. The third kappa shape index (κ3) is 4.76. The highest BCUT2D eigenvalue weighted by molar-refractivity contribution is 14.1. The van der Waals surface area contributed by atoms with Crippen LogP contribution in [-0.4, -0.2) is 5.91 Å². The van der Waals surface area contributed by atoms with Crippen LogP contribution in [0.4, 0.5) is 5.69 Å². The van der Waals surface area contributed by atoms with Gasteiger partial charge in [0.25, 0.3) is 0 Å². The molecular formula is C14H19ClINO. The van der Waals surface area contributed by atoms with E-state index in [-0.39, 0.29) is 11.8 Å². The van der Waals surface area contributed by atoms with Gasteiger partial charge in [0, 0.05) is 14.5 Å². The summed E-state index contributed by atoms with van der Waals surface area (Å²) in [6.07, 6.45) is 3.97. The Bertz CT molecular complexity index is 403. The molecule has 0 fully saturated rings. The van der Waals surface area contributed by atoms with Crippen LogP contribution in [0.3, 0.4) is 0 Å². The number of benzene rings is 1. The van der Waals surface area contributed by atoms with Gasteiger partial charge in [-0.3, -0.25) is 4.79 Å². The maximum absolute atomic E-state index is 12.2. The molecule has 2 nitrogen and oxygen atoms in total. The third-order valence-corrected chi connectivity index (χ3v) is 3.96. The van der Waals surface area contributed by atoms with E-state index in [0.717, 1.165) is 34.9 Å². The topological polar surface area (TPSA) is 29.1 Å². The maximum Gasteiger partial charge on any atom is 0.227 e. The van der Waals surface area contributed by atoms with Crippen LogP contribution >= 0.6 is 34.2 Å². The van der Waals surface area contributed by atoms with Crippen molar-refractivity contribution in [2.24, 2.45) is 5.92 Å². The fourth-order valence-electron chi connectivity index (χ4n) is 1.93. The van der Waals surface area contributed by atoms with Crippen LogP contribution in [0.1, 0.15) is 39.5 Å². The second-order valence-corrected chi connectivity index (χ2v) is 5.99. The van der Waals surface area contributed by atoms with E-state index in [1.807, 2.05) is 12.1 Å². The summed E-state index contributed by atoms with van der Waals surface area (Å²) in [4.78, 5) is 12.2. The van der Waals surface area contributed by atoms with Crippen molar-refractivity contribution in [1.29, 1.82) is 0 Å². The van der Waals surface area contributed by atoms with E-state index >= 15 is 0 Å². The number of carbonyl (C=O) groups excluding carboxylic acids is 1. The second kappa shape index (κ2) is 8.00. The predicted octanol–water partition coefficient (Wildman–Crippen LogP) is 5.10. The third-order valence-electron chi connectivity index (χ3n) is 2.83. The quantitative estimate of drug-likeness (QED) is 0.685. The molecule has 1 rings (SSSR count). The summed E-state index contributed by atoms with van der Waals surface area (Å²) in [6.45, 7) is 4.23. The molecule has 1 aromatic carbocycles. The van der Waals surface area contributed by atoms with E-state index in [2.05, 4.69) is 41.8 Å². The van der Waals surface area contributed by atoms with Gasteiger partial charge in [0.05, 0.1) is 5.69 Å². The predicted molar refractivity (Wildman–Crippen MR) is 86.1 cm³/mol. The summed E-state index contributed by atoms with van der Waals surface area (Å²) >= 11 is 8.08. The fraction of sp³-hybridized carbons (Fsp3) is 0.500. The van der Waals surface area contributed by atoms with E-state index in [0.29, 0.717) is 5.02 Å². The van der Waals surface area contributed by atoms with Crippen LogP contribution in [-0.2, 0) is 4.79 Å². The van der Waals surface area contributed by atoms with Gasteiger partial charge in [-0.2, -0.15) is 0 Å². The second-order valence-electron chi connectivity index (χ2n) is 4.39. The molecule has 0 aliphatic rings. The van der Waals surface area contributed by atoms with Gasteiger partial charge in [-0.1, -0.05) is 38.3 Å². The lowest BCUT2D eigenvalue weighted by molar-refractivity contribution is -0.120. The number of hydrogen-bond acceptors (Lipinski definition) is 1. The van der Waals surface area contributed by atoms with E-state index in [1.165, 1.54) is 0 Å². The standard InChI is InChI=1S/C14H19ClINO/c1-3-5-10(6-4-2)14(18)17-13-8-7-11(15)9-12(13)16/h7-10H,3-6H2,1-2H3,(H,17,18). The molecule has 18 heavy (non-hydrogen) atoms. The van der Waals surface area contributed by atoms with Crippen molar-refractivity contribution in [3.63, 3.8) is 0 Å². The zero-order chi connectivity index (χ0) is 13.5. The Balaban J connectivity index is 2.72. The molecule has 0 saturated heterocycles. The molecule has 0 aliphatic carbocycles. The largest absolute Gasteiger partial charge is 0.325 e. The molecule has 0 spiro atoms. The summed E-state index contributed by atoms with van der Waals surface area (Å²) in [7, 11) is 0. The van der Waals surface area contributed by atoms with Crippen molar-refractivity contribution in [2.75, 3.05) is 5.32 Å². The Labute approximate surface area is 128 Å². The molecule has 1 aromatic rings. The van der Waals surface area contributed by atoms with Crippen molar-refractivity contribution in [1.82, 2.24) is 0 Å². The molecule has 4 heteroatoms. The highest BCUT2D eigenvalue weighted by atomic mass is 127. The van der Waals surface area contributed by atoms with Crippen molar-refractivity contribution >= 4 is 45.8 Å². The zero-order valence-corrected chi connectivity index (χ0v) is 13.7. The first-order valence-electron chi connectivity index (χ1n) is 6.34. The van der Waals surface area contributed by atoms with Gasteiger partial charge >= 0.3 is 0 Å². The molecule has 0 aliphatic heterocycles.